The zero-order valence-corrected chi connectivity index (χ0v) is 23.8. The number of allylic oxidation sites excluding steroid dienone is 2. The highest BCUT2D eigenvalue weighted by atomic mass is 32.2. The van der Waals surface area contributed by atoms with E-state index in [0.29, 0.717) is 12.8 Å². The second-order valence-electron chi connectivity index (χ2n) is 11.3. The standard InChI is InChI=1S/C26H47NO9S/c1-7-11-37(31,32)13-17-12-16(4)21(35-24-15(3)9-10-18(8-2)34-24)19(28)22(17)36-25-20(29)23(27-6)26(5,30)14-33-25/h10,15-17,19-25,27-30H,7-9,11-14H2,1-6H3/t15-,16+,17+,19+,20-,21?,22+,23-,24-,25-,26+/m1/s1. The second kappa shape index (κ2) is 12.6. The minimum absolute atomic E-state index is 0.0490. The Labute approximate surface area is 221 Å². The molecule has 4 N–H and O–H groups in total. The van der Waals surface area contributed by atoms with Crippen LogP contribution in [0.15, 0.2) is 11.8 Å². The van der Waals surface area contributed by atoms with Crippen molar-refractivity contribution in [3.63, 3.8) is 0 Å². The summed E-state index contributed by atoms with van der Waals surface area (Å²) in [6.45, 7) is 9.24. The van der Waals surface area contributed by atoms with Gasteiger partial charge < -0.3 is 39.6 Å². The lowest BCUT2D eigenvalue weighted by atomic mass is 9.77. The van der Waals surface area contributed by atoms with Crippen molar-refractivity contribution in [2.24, 2.45) is 17.8 Å². The Balaban J connectivity index is 1.84. The smallest absolute Gasteiger partial charge is 0.202 e. The number of ether oxygens (including phenoxy) is 4. The van der Waals surface area contributed by atoms with Crippen LogP contribution in [-0.4, -0.2) is 97.5 Å². The van der Waals surface area contributed by atoms with E-state index in [2.05, 4.69) is 11.4 Å². The first kappa shape index (κ1) is 30.7. The van der Waals surface area contributed by atoms with E-state index in [-0.39, 0.29) is 29.9 Å². The van der Waals surface area contributed by atoms with E-state index in [1.165, 1.54) is 0 Å². The molecule has 0 bridgehead atoms. The van der Waals surface area contributed by atoms with Gasteiger partial charge in [-0.2, -0.15) is 0 Å². The zero-order valence-electron chi connectivity index (χ0n) is 23.0. The quantitative estimate of drug-likeness (QED) is 0.315. The predicted octanol–water partition coefficient (Wildman–Crippen LogP) is 1.33. The third-order valence-electron chi connectivity index (χ3n) is 7.88. The van der Waals surface area contributed by atoms with Crippen LogP contribution in [0, 0.1) is 17.8 Å². The molecule has 11 heteroatoms. The lowest BCUT2D eigenvalue weighted by Crippen LogP contribution is -2.66. The van der Waals surface area contributed by atoms with Crippen molar-refractivity contribution in [3.05, 3.63) is 11.8 Å². The average Bonchev–Trinajstić information content (AvgIpc) is 2.81. The van der Waals surface area contributed by atoms with E-state index >= 15 is 0 Å². The number of nitrogens with one attached hydrogen (secondary N) is 1. The summed E-state index contributed by atoms with van der Waals surface area (Å²) in [5, 5.41) is 36.0. The summed E-state index contributed by atoms with van der Waals surface area (Å²) in [5.74, 6) is 0.150. The Bertz CT molecular complexity index is 879. The van der Waals surface area contributed by atoms with Crippen molar-refractivity contribution in [2.75, 3.05) is 25.2 Å². The number of hydrogen-bond donors (Lipinski definition) is 4. The predicted molar refractivity (Wildman–Crippen MR) is 138 cm³/mol. The highest BCUT2D eigenvalue weighted by Gasteiger charge is 2.51. The molecule has 0 spiro atoms. The summed E-state index contributed by atoms with van der Waals surface area (Å²) in [4.78, 5) is 0. The Morgan fingerprint density at radius 3 is 2.41 bits per heavy atom. The molecule has 2 aliphatic heterocycles. The van der Waals surface area contributed by atoms with Crippen LogP contribution in [0.25, 0.3) is 0 Å². The summed E-state index contributed by atoms with van der Waals surface area (Å²) < 4.78 is 49.8. The number of rotatable bonds is 10. The summed E-state index contributed by atoms with van der Waals surface area (Å²) in [7, 11) is -1.76. The van der Waals surface area contributed by atoms with Crippen LogP contribution in [0.4, 0.5) is 0 Å². The maximum atomic E-state index is 12.8. The molecular formula is C26H47NO9S. The molecule has 0 aromatic heterocycles. The first-order valence-electron chi connectivity index (χ1n) is 13.6. The van der Waals surface area contributed by atoms with Crippen molar-refractivity contribution < 1.29 is 42.7 Å². The van der Waals surface area contributed by atoms with E-state index in [9.17, 15) is 23.7 Å². The van der Waals surface area contributed by atoms with E-state index in [1.54, 1.807) is 14.0 Å². The highest BCUT2D eigenvalue weighted by molar-refractivity contribution is 7.91. The van der Waals surface area contributed by atoms with Crippen LogP contribution < -0.4 is 5.32 Å². The van der Waals surface area contributed by atoms with Crippen molar-refractivity contribution in [1.82, 2.24) is 5.32 Å². The Kier molecular flexibility index (Phi) is 10.5. The molecule has 1 aliphatic carbocycles. The fourth-order valence-corrected chi connectivity index (χ4v) is 7.61. The topological polar surface area (TPSA) is 144 Å². The molecule has 3 rings (SSSR count). The molecule has 0 amide bonds. The van der Waals surface area contributed by atoms with Gasteiger partial charge in [-0.15, -0.1) is 0 Å². The van der Waals surface area contributed by atoms with Crippen LogP contribution in [0.1, 0.15) is 60.3 Å². The average molecular weight is 550 g/mol. The summed E-state index contributed by atoms with van der Waals surface area (Å²) in [5.41, 5.74) is -1.33. The van der Waals surface area contributed by atoms with Crippen molar-refractivity contribution in [2.45, 2.75) is 109 Å². The number of likely N-dealkylation sites (N-methyl/N-ethyl adjacent to an activating group) is 1. The fraction of sp³-hybridized carbons (Fsp3) is 0.923. The van der Waals surface area contributed by atoms with Crippen LogP contribution >= 0.6 is 0 Å². The van der Waals surface area contributed by atoms with Gasteiger partial charge in [-0.3, -0.25) is 0 Å². The van der Waals surface area contributed by atoms with Gasteiger partial charge >= 0.3 is 0 Å². The molecular weight excluding hydrogens is 502 g/mol. The maximum absolute atomic E-state index is 12.8. The summed E-state index contributed by atoms with van der Waals surface area (Å²) in [6.07, 6.45) is -1.21. The first-order valence-corrected chi connectivity index (χ1v) is 15.4. The molecule has 3 aliphatic rings. The number of sulfone groups is 1. The van der Waals surface area contributed by atoms with E-state index in [0.717, 1.165) is 18.6 Å². The third kappa shape index (κ3) is 7.25. The van der Waals surface area contributed by atoms with Gasteiger partial charge in [0.1, 0.15) is 17.8 Å². The Morgan fingerprint density at radius 1 is 1.11 bits per heavy atom. The second-order valence-corrected chi connectivity index (χ2v) is 13.5. The molecule has 2 heterocycles. The minimum atomic E-state index is -3.38. The molecule has 0 aromatic rings. The molecule has 216 valence electrons. The fourth-order valence-electron chi connectivity index (χ4n) is 5.84. The summed E-state index contributed by atoms with van der Waals surface area (Å²) >= 11 is 0. The molecule has 2 fully saturated rings. The molecule has 1 unspecified atom stereocenters. The lowest BCUT2D eigenvalue weighted by Gasteiger charge is -2.49. The van der Waals surface area contributed by atoms with E-state index in [1.807, 2.05) is 27.7 Å². The molecule has 37 heavy (non-hydrogen) atoms. The normalized spacial score (nSPS) is 43.2. The van der Waals surface area contributed by atoms with Gasteiger partial charge in [-0.25, -0.2) is 8.42 Å². The first-order chi connectivity index (χ1) is 17.3. The third-order valence-corrected chi connectivity index (χ3v) is 9.84. The van der Waals surface area contributed by atoms with Gasteiger partial charge in [0.2, 0.25) is 6.29 Å². The van der Waals surface area contributed by atoms with Gasteiger partial charge in [0.25, 0.3) is 0 Å². The largest absolute Gasteiger partial charge is 0.469 e. The van der Waals surface area contributed by atoms with Crippen LogP contribution in [0.5, 0.6) is 0 Å². The lowest BCUT2D eigenvalue weighted by molar-refractivity contribution is -0.311. The maximum Gasteiger partial charge on any atom is 0.202 e. The van der Waals surface area contributed by atoms with Crippen LogP contribution in [0.2, 0.25) is 0 Å². The number of aliphatic hydroxyl groups is 3. The summed E-state index contributed by atoms with van der Waals surface area (Å²) in [6, 6.07) is -0.740. The SMILES string of the molecule is CCCS(=O)(=O)C[C@@H]1C[C@H](C)C(O[C@H]2OC(CC)=CC[C@H]2C)[C@H](O)[C@H]1O[C@H]1OC[C@](C)(O)[C@H](NC)[C@H]1O. The number of aliphatic hydroxyl groups excluding tert-OH is 2. The van der Waals surface area contributed by atoms with Gasteiger partial charge in [-0.1, -0.05) is 27.7 Å². The molecule has 0 radical (unpaired) electrons. The Morgan fingerprint density at radius 2 is 1.78 bits per heavy atom. The van der Waals surface area contributed by atoms with Crippen molar-refractivity contribution in [1.29, 1.82) is 0 Å². The Hall–Kier alpha value is -0.790. The molecule has 1 saturated carbocycles. The van der Waals surface area contributed by atoms with Crippen LogP contribution in [0.3, 0.4) is 0 Å². The molecule has 10 nitrogen and oxygen atoms in total. The monoisotopic (exact) mass is 549 g/mol. The number of hydrogen-bond acceptors (Lipinski definition) is 10. The molecule has 1 saturated heterocycles. The highest BCUT2D eigenvalue weighted by Crippen LogP contribution is 2.39. The van der Waals surface area contributed by atoms with Gasteiger partial charge in [0, 0.05) is 24.0 Å². The zero-order chi connectivity index (χ0) is 27.5. The van der Waals surface area contributed by atoms with Crippen molar-refractivity contribution >= 4 is 9.84 Å². The molecule has 11 atom stereocenters. The van der Waals surface area contributed by atoms with Gasteiger partial charge in [0.05, 0.1) is 36.4 Å². The minimum Gasteiger partial charge on any atom is -0.469 e. The van der Waals surface area contributed by atoms with Gasteiger partial charge in [0.15, 0.2) is 16.1 Å². The van der Waals surface area contributed by atoms with Gasteiger partial charge in [-0.05, 0) is 45.2 Å². The van der Waals surface area contributed by atoms with Crippen molar-refractivity contribution in [3.8, 4) is 0 Å². The van der Waals surface area contributed by atoms with E-state index in [4.69, 9.17) is 18.9 Å². The molecule has 0 aromatic carbocycles. The van der Waals surface area contributed by atoms with Crippen LogP contribution in [-0.2, 0) is 28.8 Å². The van der Waals surface area contributed by atoms with E-state index < -0.39 is 64.4 Å².